The van der Waals surface area contributed by atoms with Crippen LogP contribution in [0.15, 0.2) is 52.8 Å². The fourth-order valence-corrected chi connectivity index (χ4v) is 3.94. The van der Waals surface area contributed by atoms with Crippen LogP contribution in [0, 0.1) is 0 Å². The van der Waals surface area contributed by atoms with Crippen molar-refractivity contribution in [2.75, 3.05) is 30.5 Å². The normalized spacial score (nSPS) is 18.8. The number of halogens is 1. The number of carbonyl (C=O) groups is 4. The van der Waals surface area contributed by atoms with Gasteiger partial charge in [-0.15, -0.1) is 0 Å². The van der Waals surface area contributed by atoms with Crippen LogP contribution in [0.5, 0.6) is 5.75 Å². The lowest BCUT2D eigenvalue weighted by molar-refractivity contribution is -0.123. The van der Waals surface area contributed by atoms with Crippen molar-refractivity contribution in [3.8, 4) is 5.75 Å². The molecule has 0 spiro atoms. The monoisotopic (exact) mass is 485 g/mol. The Morgan fingerprint density at radius 1 is 1.15 bits per heavy atom. The summed E-state index contributed by atoms with van der Waals surface area (Å²) in [6, 6.07) is 8.66. The lowest BCUT2D eigenvalue weighted by Gasteiger charge is -2.20. The Morgan fingerprint density at radius 2 is 1.94 bits per heavy atom. The topological polar surface area (TPSA) is 130 Å². The number of esters is 1. The third-order valence-electron chi connectivity index (χ3n) is 5.21. The highest BCUT2D eigenvalue weighted by atomic mass is 35.5. The van der Waals surface area contributed by atoms with E-state index in [0.29, 0.717) is 11.4 Å². The van der Waals surface area contributed by atoms with E-state index in [9.17, 15) is 19.2 Å². The van der Waals surface area contributed by atoms with Gasteiger partial charge < -0.3 is 14.8 Å². The number of hydrogen-bond acceptors (Lipinski definition) is 9. The molecule has 0 radical (unpaired) electrons. The molecular weight excluding hydrogens is 466 g/mol. The zero-order valence-electron chi connectivity index (χ0n) is 18.2. The number of hydrogen-bond donors (Lipinski definition) is 1. The van der Waals surface area contributed by atoms with E-state index in [2.05, 4.69) is 15.7 Å². The van der Waals surface area contributed by atoms with Crippen LogP contribution >= 0.6 is 11.6 Å². The zero-order chi connectivity index (χ0) is 24.4. The van der Waals surface area contributed by atoms with E-state index in [1.54, 1.807) is 31.2 Å². The van der Waals surface area contributed by atoms with Crippen molar-refractivity contribution >= 4 is 46.7 Å². The van der Waals surface area contributed by atoms with Gasteiger partial charge in [-0.2, -0.15) is 5.11 Å². The van der Waals surface area contributed by atoms with Gasteiger partial charge in [-0.25, -0.2) is 9.69 Å². The molecule has 0 saturated carbocycles. The molecule has 0 aromatic heterocycles. The summed E-state index contributed by atoms with van der Waals surface area (Å²) in [5.74, 6) is -1.76. The summed E-state index contributed by atoms with van der Waals surface area (Å²) in [6.07, 6.45) is 0. The van der Waals surface area contributed by atoms with E-state index in [4.69, 9.17) is 21.1 Å². The number of amides is 3. The highest BCUT2D eigenvalue weighted by Gasteiger charge is 2.55. The Morgan fingerprint density at radius 3 is 2.65 bits per heavy atom. The molecule has 4 rings (SSSR count). The fourth-order valence-electron chi connectivity index (χ4n) is 3.69. The molecule has 0 aliphatic carbocycles. The molecule has 12 heteroatoms. The van der Waals surface area contributed by atoms with E-state index in [0.717, 1.165) is 4.90 Å². The maximum absolute atomic E-state index is 13.1. The molecule has 34 heavy (non-hydrogen) atoms. The number of methoxy groups -OCH3 is 1. The van der Waals surface area contributed by atoms with Gasteiger partial charge in [-0.3, -0.25) is 19.4 Å². The maximum Gasteiger partial charge on any atom is 0.338 e. The number of nitrogens with zero attached hydrogens (tertiary/aromatic N) is 4. The molecule has 2 aromatic carbocycles. The number of carbonyl (C=O) groups excluding carboxylic acids is 4. The van der Waals surface area contributed by atoms with Crippen LogP contribution in [-0.4, -0.2) is 61.0 Å². The van der Waals surface area contributed by atoms with Crippen molar-refractivity contribution in [2.45, 2.75) is 19.0 Å². The Balaban J connectivity index is 1.46. The van der Waals surface area contributed by atoms with Gasteiger partial charge in [-0.1, -0.05) is 22.9 Å². The van der Waals surface area contributed by atoms with Crippen LogP contribution in [0.3, 0.4) is 0 Å². The van der Waals surface area contributed by atoms with E-state index >= 15 is 0 Å². The van der Waals surface area contributed by atoms with Gasteiger partial charge in [0, 0.05) is 5.69 Å². The first-order valence-corrected chi connectivity index (χ1v) is 10.7. The SMILES string of the molecule is CCOC(=O)c1cccc(NC(=O)CN2N=N[C@@H]3C(=O)N(c4ccc(OC)c(Cl)c4)C(=O)[C@@H]32)c1. The molecule has 2 aliphatic heterocycles. The number of fused-ring (bicyclic) bond motifs is 1. The highest BCUT2D eigenvalue weighted by Crippen LogP contribution is 2.35. The Hall–Kier alpha value is -3.99. The molecular formula is C22H20ClN5O6. The minimum Gasteiger partial charge on any atom is -0.495 e. The van der Waals surface area contributed by atoms with E-state index in [1.807, 2.05) is 0 Å². The van der Waals surface area contributed by atoms with Crippen molar-refractivity contribution in [1.29, 1.82) is 0 Å². The second kappa shape index (κ2) is 9.48. The maximum atomic E-state index is 13.1. The number of nitrogens with one attached hydrogen (secondary N) is 1. The summed E-state index contributed by atoms with van der Waals surface area (Å²) >= 11 is 6.14. The second-order valence-corrected chi connectivity index (χ2v) is 7.78. The molecule has 1 saturated heterocycles. The molecule has 2 aliphatic rings. The smallest absolute Gasteiger partial charge is 0.338 e. The summed E-state index contributed by atoms with van der Waals surface area (Å²) in [4.78, 5) is 51.4. The summed E-state index contributed by atoms with van der Waals surface area (Å²) in [5.41, 5.74) is 0.920. The summed E-state index contributed by atoms with van der Waals surface area (Å²) in [7, 11) is 1.45. The van der Waals surface area contributed by atoms with E-state index in [1.165, 1.54) is 30.3 Å². The first kappa shape index (κ1) is 23.2. The van der Waals surface area contributed by atoms with Crippen molar-refractivity contribution in [2.24, 2.45) is 10.3 Å². The van der Waals surface area contributed by atoms with Crippen LogP contribution in [0.1, 0.15) is 17.3 Å². The summed E-state index contributed by atoms with van der Waals surface area (Å²) in [6.45, 7) is 1.59. The molecule has 3 amide bonds. The van der Waals surface area contributed by atoms with Gasteiger partial charge in [0.05, 0.1) is 30.0 Å². The lowest BCUT2D eigenvalue weighted by atomic mass is 10.1. The van der Waals surface area contributed by atoms with Crippen molar-refractivity contribution < 1.29 is 28.7 Å². The molecule has 2 heterocycles. The standard InChI is InChI=1S/C22H20ClN5O6/c1-3-34-22(32)12-5-4-6-13(9-12)24-17(29)11-27-19-18(25-26-27)20(30)28(21(19)31)14-7-8-16(33-2)15(23)10-14/h4-10,18-19H,3,11H2,1-2H3,(H,24,29)/t18-,19+/m0/s1. The predicted octanol–water partition coefficient (Wildman–Crippen LogP) is 2.46. The molecule has 176 valence electrons. The van der Waals surface area contributed by atoms with E-state index < -0.39 is 35.8 Å². The summed E-state index contributed by atoms with van der Waals surface area (Å²) < 4.78 is 10.1. The van der Waals surface area contributed by atoms with Crippen molar-refractivity contribution in [3.63, 3.8) is 0 Å². The largest absolute Gasteiger partial charge is 0.495 e. The first-order valence-electron chi connectivity index (χ1n) is 10.3. The molecule has 2 atom stereocenters. The average molecular weight is 486 g/mol. The Bertz CT molecular complexity index is 1200. The summed E-state index contributed by atoms with van der Waals surface area (Å²) in [5, 5.41) is 11.8. The van der Waals surface area contributed by atoms with Crippen molar-refractivity contribution in [1.82, 2.24) is 5.01 Å². The van der Waals surface area contributed by atoms with Gasteiger partial charge in [0.15, 0.2) is 12.1 Å². The first-order chi connectivity index (χ1) is 16.3. The number of anilines is 2. The van der Waals surface area contributed by atoms with Gasteiger partial charge in [0.1, 0.15) is 12.3 Å². The number of benzene rings is 2. The molecule has 11 nitrogen and oxygen atoms in total. The highest BCUT2D eigenvalue weighted by molar-refractivity contribution is 6.33. The number of rotatable bonds is 7. The minimum atomic E-state index is -1.06. The van der Waals surface area contributed by atoms with Crippen molar-refractivity contribution in [3.05, 3.63) is 53.1 Å². The third-order valence-corrected chi connectivity index (χ3v) is 5.51. The van der Waals surface area contributed by atoms with Crippen LogP contribution in [0.25, 0.3) is 0 Å². The predicted molar refractivity (Wildman–Crippen MR) is 121 cm³/mol. The zero-order valence-corrected chi connectivity index (χ0v) is 19.0. The Labute approximate surface area is 199 Å². The Kier molecular flexibility index (Phi) is 6.46. The number of imide groups is 1. The molecule has 0 bridgehead atoms. The van der Waals surface area contributed by atoms with Gasteiger partial charge in [0.2, 0.25) is 5.91 Å². The molecule has 1 N–H and O–H groups in total. The van der Waals surface area contributed by atoms with Gasteiger partial charge in [-0.05, 0) is 43.3 Å². The van der Waals surface area contributed by atoms with Crippen LogP contribution < -0.4 is 15.0 Å². The third kappa shape index (κ3) is 4.29. The van der Waals surface area contributed by atoms with E-state index in [-0.39, 0.29) is 29.4 Å². The van der Waals surface area contributed by atoms with Gasteiger partial charge in [0.25, 0.3) is 11.8 Å². The van der Waals surface area contributed by atoms with Gasteiger partial charge >= 0.3 is 5.97 Å². The molecule has 1 fully saturated rings. The minimum absolute atomic E-state index is 0.227. The lowest BCUT2D eigenvalue weighted by Crippen LogP contribution is -2.43. The quantitative estimate of drug-likeness (QED) is 0.471. The fraction of sp³-hybridized carbons (Fsp3) is 0.273. The number of ether oxygens (including phenoxy) is 2. The molecule has 0 unspecified atom stereocenters. The van der Waals surface area contributed by atoms with Crippen LogP contribution in [-0.2, 0) is 19.1 Å². The molecule has 2 aromatic rings. The average Bonchev–Trinajstić information content (AvgIpc) is 3.33. The second-order valence-electron chi connectivity index (χ2n) is 7.37. The van der Waals surface area contributed by atoms with Crippen LogP contribution in [0.4, 0.5) is 11.4 Å². The van der Waals surface area contributed by atoms with Crippen LogP contribution in [0.2, 0.25) is 5.02 Å².